The topological polar surface area (TPSA) is 58.2 Å². The fourth-order valence-electron chi connectivity index (χ4n) is 2.63. The van der Waals surface area contributed by atoms with Gasteiger partial charge in [0.1, 0.15) is 6.29 Å². The third-order valence-corrected chi connectivity index (χ3v) is 4.07. The standard InChI is InChI=1S/C20H32N2O2/c1-2-3-4-5-6-10-14-22-20(24)13-15-21-19(17-23)16-18-11-8-7-9-12-18/h7-9,11-12,17,19,21H,2-6,10,13-16H2,1H3,(H,22,24)/t19-/m0/s1. The smallest absolute Gasteiger partial charge is 0.221 e. The van der Waals surface area contributed by atoms with Crippen LogP contribution in [0, 0.1) is 0 Å². The maximum Gasteiger partial charge on any atom is 0.221 e. The third-order valence-electron chi connectivity index (χ3n) is 4.07. The van der Waals surface area contributed by atoms with Crippen LogP contribution in [0.2, 0.25) is 0 Å². The monoisotopic (exact) mass is 332 g/mol. The van der Waals surface area contributed by atoms with Gasteiger partial charge >= 0.3 is 0 Å². The minimum absolute atomic E-state index is 0.0559. The zero-order valence-corrected chi connectivity index (χ0v) is 14.9. The molecule has 1 rings (SSSR count). The summed E-state index contributed by atoms with van der Waals surface area (Å²) >= 11 is 0. The molecule has 1 aromatic rings. The first-order chi connectivity index (χ1) is 11.8. The molecule has 1 amide bonds. The van der Waals surface area contributed by atoms with E-state index in [0.29, 0.717) is 19.4 Å². The number of hydrogen-bond donors (Lipinski definition) is 2. The van der Waals surface area contributed by atoms with Crippen molar-refractivity contribution in [2.75, 3.05) is 13.1 Å². The average Bonchev–Trinajstić information content (AvgIpc) is 2.61. The van der Waals surface area contributed by atoms with Gasteiger partial charge in [-0.2, -0.15) is 0 Å². The van der Waals surface area contributed by atoms with Gasteiger partial charge in [0.15, 0.2) is 0 Å². The lowest BCUT2D eigenvalue weighted by molar-refractivity contribution is -0.121. The van der Waals surface area contributed by atoms with E-state index in [1.54, 1.807) is 0 Å². The highest BCUT2D eigenvalue weighted by Gasteiger charge is 2.08. The predicted molar refractivity (Wildman–Crippen MR) is 99.0 cm³/mol. The minimum atomic E-state index is -0.237. The van der Waals surface area contributed by atoms with E-state index in [-0.39, 0.29) is 11.9 Å². The van der Waals surface area contributed by atoms with Gasteiger partial charge in [0, 0.05) is 19.5 Å². The summed E-state index contributed by atoms with van der Waals surface area (Å²) in [6.45, 7) is 3.49. The van der Waals surface area contributed by atoms with E-state index in [9.17, 15) is 9.59 Å². The number of carbonyl (C=O) groups excluding carboxylic acids is 2. The molecule has 24 heavy (non-hydrogen) atoms. The zero-order valence-electron chi connectivity index (χ0n) is 14.9. The Morgan fingerprint density at radius 3 is 2.46 bits per heavy atom. The van der Waals surface area contributed by atoms with Gasteiger partial charge in [-0.1, -0.05) is 69.4 Å². The van der Waals surface area contributed by atoms with Crippen molar-refractivity contribution in [3.8, 4) is 0 Å². The summed E-state index contributed by atoms with van der Waals surface area (Å²) in [5.41, 5.74) is 1.12. The number of aldehydes is 1. The molecule has 0 radical (unpaired) electrons. The molecule has 1 atom stereocenters. The van der Waals surface area contributed by atoms with Crippen molar-refractivity contribution < 1.29 is 9.59 Å². The van der Waals surface area contributed by atoms with Crippen LogP contribution in [0.1, 0.15) is 57.4 Å². The Bertz CT molecular complexity index is 448. The van der Waals surface area contributed by atoms with Crippen molar-refractivity contribution in [2.24, 2.45) is 0 Å². The fraction of sp³-hybridized carbons (Fsp3) is 0.600. The van der Waals surface area contributed by atoms with Crippen LogP contribution in [0.4, 0.5) is 0 Å². The summed E-state index contributed by atoms with van der Waals surface area (Å²) in [6.07, 6.45) is 9.33. The highest BCUT2D eigenvalue weighted by molar-refractivity contribution is 5.76. The molecule has 4 nitrogen and oxygen atoms in total. The molecule has 0 saturated heterocycles. The molecule has 2 N–H and O–H groups in total. The molecule has 0 spiro atoms. The Labute approximate surface area is 146 Å². The average molecular weight is 332 g/mol. The molecule has 0 fully saturated rings. The second-order valence-corrected chi connectivity index (χ2v) is 6.25. The molecular weight excluding hydrogens is 300 g/mol. The van der Waals surface area contributed by atoms with E-state index in [1.165, 1.54) is 32.1 Å². The van der Waals surface area contributed by atoms with Gasteiger partial charge in [-0.25, -0.2) is 0 Å². The highest BCUT2D eigenvalue weighted by Crippen LogP contribution is 2.04. The Balaban J connectivity index is 2.05. The second kappa shape index (κ2) is 13.7. The van der Waals surface area contributed by atoms with E-state index in [1.807, 2.05) is 30.3 Å². The van der Waals surface area contributed by atoms with E-state index < -0.39 is 0 Å². The fourth-order valence-corrected chi connectivity index (χ4v) is 2.63. The molecule has 0 aromatic heterocycles. The molecular formula is C20H32N2O2. The van der Waals surface area contributed by atoms with Crippen LogP contribution in [0.25, 0.3) is 0 Å². The van der Waals surface area contributed by atoms with E-state index in [0.717, 1.165) is 24.8 Å². The van der Waals surface area contributed by atoms with Crippen molar-refractivity contribution >= 4 is 12.2 Å². The summed E-state index contributed by atoms with van der Waals surface area (Å²) in [6, 6.07) is 9.66. The van der Waals surface area contributed by atoms with Gasteiger partial charge in [0.05, 0.1) is 6.04 Å². The number of rotatable bonds is 14. The summed E-state index contributed by atoms with van der Waals surface area (Å²) in [5.74, 6) is 0.0559. The molecule has 0 aliphatic carbocycles. The Morgan fingerprint density at radius 2 is 1.75 bits per heavy atom. The summed E-state index contributed by atoms with van der Waals surface area (Å²) in [5, 5.41) is 6.09. The molecule has 0 bridgehead atoms. The highest BCUT2D eigenvalue weighted by atomic mass is 16.1. The van der Waals surface area contributed by atoms with Gasteiger partial charge in [0.25, 0.3) is 0 Å². The number of nitrogens with one attached hydrogen (secondary N) is 2. The summed E-state index contributed by atoms with van der Waals surface area (Å²) < 4.78 is 0. The molecule has 1 aromatic carbocycles. The number of amides is 1. The molecule has 134 valence electrons. The lowest BCUT2D eigenvalue weighted by Crippen LogP contribution is -2.36. The van der Waals surface area contributed by atoms with Crippen molar-refractivity contribution in [1.29, 1.82) is 0 Å². The summed E-state index contributed by atoms with van der Waals surface area (Å²) in [7, 11) is 0. The zero-order chi connectivity index (χ0) is 17.5. The maximum atomic E-state index is 11.8. The van der Waals surface area contributed by atoms with Gasteiger partial charge in [-0.3, -0.25) is 4.79 Å². The van der Waals surface area contributed by atoms with Gasteiger partial charge in [-0.15, -0.1) is 0 Å². The molecule has 0 unspecified atom stereocenters. The van der Waals surface area contributed by atoms with E-state index >= 15 is 0 Å². The second-order valence-electron chi connectivity index (χ2n) is 6.25. The van der Waals surface area contributed by atoms with Crippen molar-refractivity contribution in [3.05, 3.63) is 35.9 Å². The molecule has 0 aliphatic heterocycles. The van der Waals surface area contributed by atoms with E-state index in [4.69, 9.17) is 0 Å². The van der Waals surface area contributed by atoms with Crippen molar-refractivity contribution in [3.63, 3.8) is 0 Å². The lowest BCUT2D eigenvalue weighted by Gasteiger charge is -2.12. The van der Waals surface area contributed by atoms with Crippen LogP contribution in [-0.2, 0) is 16.0 Å². The van der Waals surface area contributed by atoms with Crippen LogP contribution < -0.4 is 10.6 Å². The number of hydrogen-bond acceptors (Lipinski definition) is 3. The third kappa shape index (κ3) is 10.2. The Kier molecular flexibility index (Phi) is 11.7. The summed E-state index contributed by atoms with van der Waals surface area (Å²) in [4.78, 5) is 22.9. The first-order valence-corrected chi connectivity index (χ1v) is 9.25. The van der Waals surface area contributed by atoms with Crippen molar-refractivity contribution in [1.82, 2.24) is 10.6 Å². The van der Waals surface area contributed by atoms with Crippen LogP contribution in [0.3, 0.4) is 0 Å². The van der Waals surface area contributed by atoms with Crippen LogP contribution >= 0.6 is 0 Å². The number of unbranched alkanes of at least 4 members (excludes halogenated alkanes) is 5. The Morgan fingerprint density at radius 1 is 1.04 bits per heavy atom. The molecule has 0 saturated carbocycles. The van der Waals surface area contributed by atoms with Crippen LogP contribution in [0.15, 0.2) is 30.3 Å². The largest absolute Gasteiger partial charge is 0.356 e. The molecule has 0 aliphatic rings. The lowest BCUT2D eigenvalue weighted by atomic mass is 10.1. The van der Waals surface area contributed by atoms with E-state index in [2.05, 4.69) is 17.6 Å². The number of carbonyl (C=O) groups is 2. The molecule has 0 heterocycles. The Hall–Kier alpha value is -1.68. The SMILES string of the molecule is CCCCCCCCNC(=O)CCN[C@H](C=O)Cc1ccccc1. The van der Waals surface area contributed by atoms with Crippen LogP contribution in [-0.4, -0.2) is 31.3 Å². The first-order valence-electron chi connectivity index (χ1n) is 9.25. The minimum Gasteiger partial charge on any atom is -0.356 e. The first kappa shape index (κ1) is 20.4. The van der Waals surface area contributed by atoms with Gasteiger partial charge in [0.2, 0.25) is 5.91 Å². The maximum absolute atomic E-state index is 11.8. The van der Waals surface area contributed by atoms with Crippen molar-refractivity contribution in [2.45, 2.75) is 64.3 Å². The quantitative estimate of drug-likeness (QED) is 0.406. The molecule has 4 heteroatoms. The van der Waals surface area contributed by atoms with Gasteiger partial charge in [-0.05, 0) is 18.4 Å². The number of benzene rings is 1. The predicted octanol–water partition coefficient (Wildman–Crippen LogP) is 3.25. The van der Waals surface area contributed by atoms with Gasteiger partial charge < -0.3 is 15.4 Å². The normalized spacial score (nSPS) is 11.9. The van der Waals surface area contributed by atoms with Crippen LogP contribution in [0.5, 0.6) is 0 Å².